The van der Waals surface area contributed by atoms with Crippen LogP contribution in [0.1, 0.15) is 66.1 Å². The number of benzene rings is 1. The summed E-state index contributed by atoms with van der Waals surface area (Å²) in [5, 5.41) is 18.1. The standard InChI is InChI=1S/C24H27BN6O2/c1-4-15-5-7-16(8-6-15)19(20-21(23(32)33)31(18-9-10-18)24(25)27-20)26-17-11-13(2)22-29-28-14(3)30(22)12-17/h4-8,11-12,14,18-19,26,28H,1,9-10,25H2,2-3H3,(H,32,33). The van der Waals surface area contributed by atoms with Crippen LogP contribution in [-0.4, -0.2) is 45.4 Å². The molecule has 2 aliphatic heterocycles. The topological polar surface area (TPSA) is 94.8 Å². The highest BCUT2D eigenvalue weighted by Gasteiger charge is 2.35. The van der Waals surface area contributed by atoms with Crippen LogP contribution in [0.3, 0.4) is 0 Å². The highest BCUT2D eigenvalue weighted by Crippen LogP contribution is 2.37. The highest BCUT2D eigenvalue weighted by molar-refractivity contribution is 6.29. The molecule has 1 saturated carbocycles. The molecule has 0 bridgehead atoms. The SMILES string of the molecule is Bc1nc(C(NC2=CN3C(=NNC3C)C(C)=C2)c2ccc(C=C)cc2)c(C(=O)O)n1C1CC1. The summed E-state index contributed by atoms with van der Waals surface area (Å²) in [6.07, 6.45) is 7.84. The fourth-order valence-corrected chi connectivity index (χ4v) is 4.55. The van der Waals surface area contributed by atoms with E-state index in [1.807, 2.05) is 62.8 Å². The number of allylic oxidation sites excluding steroid dienone is 1. The minimum absolute atomic E-state index is 0.0386. The van der Waals surface area contributed by atoms with Crippen LogP contribution in [0.15, 0.2) is 59.5 Å². The number of carbonyl (C=O) groups is 1. The van der Waals surface area contributed by atoms with Gasteiger partial charge in [-0.05, 0) is 49.5 Å². The predicted octanol–water partition coefficient (Wildman–Crippen LogP) is 1.86. The molecule has 33 heavy (non-hydrogen) atoms. The van der Waals surface area contributed by atoms with Crippen LogP contribution in [-0.2, 0) is 0 Å². The lowest BCUT2D eigenvalue weighted by atomic mass is 9.99. The summed E-state index contributed by atoms with van der Waals surface area (Å²) in [5.74, 6) is -0.0665. The van der Waals surface area contributed by atoms with E-state index in [2.05, 4.69) is 27.3 Å². The summed E-state index contributed by atoms with van der Waals surface area (Å²) in [5.41, 5.74) is 8.44. The first-order chi connectivity index (χ1) is 15.9. The number of carboxylic acids is 1. The van der Waals surface area contributed by atoms with Gasteiger partial charge in [-0.2, -0.15) is 5.10 Å². The summed E-state index contributed by atoms with van der Waals surface area (Å²) in [6, 6.07) is 7.74. The van der Waals surface area contributed by atoms with Crippen molar-refractivity contribution in [3.05, 3.63) is 76.9 Å². The van der Waals surface area contributed by atoms with Gasteiger partial charge < -0.3 is 19.9 Å². The lowest BCUT2D eigenvalue weighted by Gasteiger charge is -2.28. The largest absolute Gasteiger partial charge is 0.477 e. The molecule has 8 nitrogen and oxygen atoms in total. The molecule has 0 spiro atoms. The van der Waals surface area contributed by atoms with Crippen LogP contribution in [0.5, 0.6) is 0 Å². The maximum Gasteiger partial charge on any atom is 0.354 e. The van der Waals surface area contributed by atoms with Gasteiger partial charge >= 0.3 is 5.97 Å². The van der Waals surface area contributed by atoms with Crippen molar-refractivity contribution >= 4 is 31.5 Å². The van der Waals surface area contributed by atoms with Gasteiger partial charge in [0.05, 0.1) is 23.2 Å². The normalized spacial score (nSPS) is 20.2. The lowest BCUT2D eigenvalue weighted by Crippen LogP contribution is -2.37. The summed E-state index contributed by atoms with van der Waals surface area (Å²) >= 11 is 0. The molecule has 5 rings (SSSR count). The predicted molar refractivity (Wildman–Crippen MR) is 131 cm³/mol. The van der Waals surface area contributed by atoms with Crippen molar-refractivity contribution in [3.8, 4) is 0 Å². The zero-order valence-corrected chi connectivity index (χ0v) is 19.0. The second-order valence-electron chi connectivity index (χ2n) is 8.81. The van der Waals surface area contributed by atoms with Crippen molar-refractivity contribution in [3.63, 3.8) is 0 Å². The first-order valence-corrected chi connectivity index (χ1v) is 11.2. The van der Waals surface area contributed by atoms with Crippen molar-refractivity contribution in [1.82, 2.24) is 25.2 Å². The number of nitrogens with one attached hydrogen (secondary N) is 2. The molecule has 0 radical (unpaired) electrons. The van der Waals surface area contributed by atoms with E-state index in [0.717, 1.165) is 46.8 Å². The van der Waals surface area contributed by atoms with Gasteiger partial charge in [0, 0.05) is 12.2 Å². The molecule has 2 unspecified atom stereocenters. The second-order valence-corrected chi connectivity index (χ2v) is 8.81. The first kappa shape index (κ1) is 21.1. The maximum atomic E-state index is 12.4. The minimum Gasteiger partial charge on any atom is -0.477 e. The Morgan fingerprint density at radius 1 is 1.36 bits per heavy atom. The van der Waals surface area contributed by atoms with E-state index >= 15 is 0 Å². The van der Waals surface area contributed by atoms with Crippen LogP contribution in [0.2, 0.25) is 0 Å². The molecule has 1 aliphatic carbocycles. The van der Waals surface area contributed by atoms with E-state index in [1.54, 1.807) is 6.08 Å². The number of aromatic carboxylic acids is 1. The molecule has 168 valence electrons. The number of nitrogens with zero attached hydrogens (tertiary/aromatic N) is 4. The van der Waals surface area contributed by atoms with Crippen molar-refractivity contribution in [2.45, 2.75) is 44.9 Å². The maximum absolute atomic E-state index is 12.4. The van der Waals surface area contributed by atoms with Crippen LogP contribution in [0.4, 0.5) is 0 Å². The Morgan fingerprint density at radius 3 is 2.73 bits per heavy atom. The van der Waals surface area contributed by atoms with Crippen LogP contribution in [0, 0.1) is 0 Å². The minimum atomic E-state index is -0.955. The number of hydrogen-bond acceptors (Lipinski definition) is 6. The molecule has 3 N–H and O–H groups in total. The number of hydrazone groups is 1. The first-order valence-electron chi connectivity index (χ1n) is 11.2. The van der Waals surface area contributed by atoms with Crippen molar-refractivity contribution in [1.29, 1.82) is 0 Å². The van der Waals surface area contributed by atoms with Crippen LogP contribution < -0.4 is 16.5 Å². The quantitative estimate of drug-likeness (QED) is 0.567. The fourth-order valence-electron chi connectivity index (χ4n) is 4.55. The lowest BCUT2D eigenvalue weighted by molar-refractivity contribution is 0.0683. The van der Waals surface area contributed by atoms with E-state index in [-0.39, 0.29) is 17.9 Å². The molecule has 0 saturated heterocycles. The van der Waals surface area contributed by atoms with Crippen LogP contribution in [0.25, 0.3) is 6.08 Å². The molecule has 1 aromatic carbocycles. The van der Waals surface area contributed by atoms with Crippen molar-refractivity contribution in [2.75, 3.05) is 0 Å². The Kier molecular flexibility index (Phi) is 5.11. The van der Waals surface area contributed by atoms with E-state index in [9.17, 15) is 9.90 Å². The number of fused-ring (bicyclic) bond motifs is 1. The average Bonchev–Trinajstić information content (AvgIpc) is 3.48. The van der Waals surface area contributed by atoms with Gasteiger partial charge in [0.15, 0.2) is 19.4 Å². The molecular formula is C24H27BN6O2. The summed E-state index contributed by atoms with van der Waals surface area (Å²) in [4.78, 5) is 19.3. The number of hydrogen-bond donors (Lipinski definition) is 3. The second kappa shape index (κ2) is 7.99. The molecule has 2 aromatic rings. The zero-order valence-electron chi connectivity index (χ0n) is 19.0. The third kappa shape index (κ3) is 3.73. The van der Waals surface area contributed by atoms with Gasteiger partial charge in [0.25, 0.3) is 0 Å². The third-order valence-electron chi connectivity index (χ3n) is 6.34. The molecule has 2 atom stereocenters. The summed E-state index contributed by atoms with van der Waals surface area (Å²) in [7, 11) is 1.89. The summed E-state index contributed by atoms with van der Waals surface area (Å²) < 4.78 is 1.89. The fraction of sp³-hybridized carbons (Fsp3) is 0.292. The van der Waals surface area contributed by atoms with Crippen molar-refractivity contribution in [2.24, 2.45) is 5.10 Å². The molecule has 1 fully saturated rings. The number of imidazole rings is 1. The van der Waals surface area contributed by atoms with Gasteiger partial charge in [0.1, 0.15) is 6.17 Å². The number of aromatic nitrogens is 2. The molecule has 9 heteroatoms. The smallest absolute Gasteiger partial charge is 0.354 e. The Bertz CT molecular complexity index is 1220. The van der Waals surface area contributed by atoms with Crippen LogP contribution >= 0.6 is 0 Å². The third-order valence-corrected chi connectivity index (χ3v) is 6.34. The molecule has 3 heterocycles. The Labute approximate surface area is 193 Å². The number of rotatable bonds is 7. The van der Waals surface area contributed by atoms with Gasteiger partial charge in [-0.25, -0.2) is 9.78 Å². The molecule has 1 aromatic heterocycles. The molecule has 0 amide bonds. The van der Waals surface area contributed by atoms with Gasteiger partial charge in [-0.3, -0.25) is 5.43 Å². The van der Waals surface area contributed by atoms with E-state index in [1.165, 1.54) is 0 Å². The van der Waals surface area contributed by atoms with Gasteiger partial charge in [-0.15, -0.1) is 0 Å². The van der Waals surface area contributed by atoms with E-state index < -0.39 is 12.0 Å². The number of amidine groups is 1. The Morgan fingerprint density at radius 2 is 2.09 bits per heavy atom. The van der Waals surface area contributed by atoms with E-state index in [0.29, 0.717) is 5.69 Å². The summed E-state index contributed by atoms with van der Waals surface area (Å²) in [6.45, 7) is 7.89. The molecule has 3 aliphatic rings. The van der Waals surface area contributed by atoms with Crippen molar-refractivity contribution < 1.29 is 9.90 Å². The average molecular weight is 442 g/mol. The monoisotopic (exact) mass is 442 g/mol. The zero-order chi connectivity index (χ0) is 23.3. The Hall–Kier alpha value is -3.75. The number of carboxylic acid groups (broad SMARTS) is 1. The Balaban J connectivity index is 1.60. The van der Waals surface area contributed by atoms with Gasteiger partial charge in [0.2, 0.25) is 0 Å². The van der Waals surface area contributed by atoms with Gasteiger partial charge in [-0.1, -0.05) is 36.9 Å². The molecular weight excluding hydrogens is 415 g/mol. The highest BCUT2D eigenvalue weighted by atomic mass is 16.4. The van der Waals surface area contributed by atoms with E-state index in [4.69, 9.17) is 4.98 Å².